The molecule has 162 valence electrons. The number of nitrogens with one attached hydrogen (secondary N) is 1. The number of carbonyl (C=O) groups excluding carboxylic acids is 1. The van der Waals surface area contributed by atoms with Crippen LogP contribution in [0.15, 0.2) is 18.2 Å². The Kier molecular flexibility index (Phi) is 7.43. The van der Waals surface area contributed by atoms with Crippen molar-refractivity contribution in [1.29, 1.82) is 0 Å². The summed E-state index contributed by atoms with van der Waals surface area (Å²) in [6.07, 6.45) is 0. The van der Waals surface area contributed by atoms with Crippen LogP contribution in [-0.2, 0) is 14.9 Å². The van der Waals surface area contributed by atoms with E-state index in [1.807, 2.05) is 45.9 Å². The van der Waals surface area contributed by atoms with Crippen molar-refractivity contribution in [3.63, 3.8) is 0 Å². The normalized spacial score (nSPS) is 12.7. The SMILES string of the molecule is CC#CC(C)(C)Oc1ccc(C(C)(C)C(C)(C)NC(=O)C(C)(C)OC)cc1OC. The van der Waals surface area contributed by atoms with Crippen molar-refractivity contribution in [2.45, 2.75) is 84.5 Å². The van der Waals surface area contributed by atoms with E-state index in [4.69, 9.17) is 14.2 Å². The Morgan fingerprint density at radius 3 is 2.03 bits per heavy atom. The van der Waals surface area contributed by atoms with Gasteiger partial charge in [0.25, 0.3) is 5.91 Å². The lowest BCUT2D eigenvalue weighted by Crippen LogP contribution is -2.60. The summed E-state index contributed by atoms with van der Waals surface area (Å²) in [4.78, 5) is 12.7. The molecule has 1 amide bonds. The minimum atomic E-state index is -0.908. The van der Waals surface area contributed by atoms with Gasteiger partial charge in [-0.2, -0.15) is 0 Å². The van der Waals surface area contributed by atoms with Gasteiger partial charge < -0.3 is 19.5 Å². The third-order valence-electron chi connectivity index (χ3n) is 5.72. The van der Waals surface area contributed by atoms with Crippen molar-refractivity contribution in [3.8, 4) is 23.3 Å². The molecule has 1 N–H and O–H groups in total. The first-order valence-corrected chi connectivity index (χ1v) is 9.83. The second kappa shape index (κ2) is 8.67. The molecule has 0 spiro atoms. The Labute approximate surface area is 176 Å². The third kappa shape index (κ3) is 5.67. The molecule has 0 fully saturated rings. The molecule has 0 aliphatic heterocycles. The summed E-state index contributed by atoms with van der Waals surface area (Å²) in [5.41, 5.74) is -1.48. The predicted molar refractivity (Wildman–Crippen MR) is 117 cm³/mol. The molecule has 0 bridgehead atoms. The van der Waals surface area contributed by atoms with E-state index in [0.717, 1.165) is 5.56 Å². The van der Waals surface area contributed by atoms with Crippen LogP contribution in [-0.4, -0.2) is 36.9 Å². The molecule has 0 radical (unpaired) electrons. The van der Waals surface area contributed by atoms with Gasteiger partial charge in [0.1, 0.15) is 5.60 Å². The van der Waals surface area contributed by atoms with Crippen molar-refractivity contribution < 1.29 is 19.0 Å². The van der Waals surface area contributed by atoms with Crippen LogP contribution in [0.25, 0.3) is 0 Å². The van der Waals surface area contributed by atoms with E-state index in [2.05, 4.69) is 31.0 Å². The number of hydrogen-bond acceptors (Lipinski definition) is 4. The first-order valence-electron chi connectivity index (χ1n) is 9.83. The molecule has 0 aromatic heterocycles. The highest BCUT2D eigenvalue weighted by atomic mass is 16.5. The second-order valence-electron chi connectivity index (χ2n) is 9.27. The Morgan fingerprint density at radius 2 is 1.55 bits per heavy atom. The Bertz CT molecular complexity index is 795. The summed E-state index contributed by atoms with van der Waals surface area (Å²) < 4.78 is 17.0. The van der Waals surface area contributed by atoms with Crippen LogP contribution >= 0.6 is 0 Å². The zero-order valence-corrected chi connectivity index (χ0v) is 19.9. The van der Waals surface area contributed by atoms with E-state index >= 15 is 0 Å². The topological polar surface area (TPSA) is 56.8 Å². The smallest absolute Gasteiger partial charge is 0.252 e. The van der Waals surface area contributed by atoms with Crippen molar-refractivity contribution in [3.05, 3.63) is 23.8 Å². The molecule has 0 aliphatic carbocycles. The molecule has 0 saturated carbocycles. The van der Waals surface area contributed by atoms with Crippen LogP contribution in [0.3, 0.4) is 0 Å². The van der Waals surface area contributed by atoms with Crippen molar-refractivity contribution in [2.75, 3.05) is 14.2 Å². The van der Waals surface area contributed by atoms with Gasteiger partial charge >= 0.3 is 0 Å². The van der Waals surface area contributed by atoms with Crippen LogP contribution in [0, 0.1) is 11.8 Å². The lowest BCUT2D eigenvalue weighted by molar-refractivity contribution is -0.142. The highest BCUT2D eigenvalue weighted by molar-refractivity contribution is 5.85. The number of rotatable bonds is 8. The Balaban J connectivity index is 3.27. The van der Waals surface area contributed by atoms with E-state index in [0.29, 0.717) is 11.5 Å². The second-order valence-corrected chi connectivity index (χ2v) is 9.27. The maximum absolute atomic E-state index is 12.7. The highest BCUT2D eigenvalue weighted by Gasteiger charge is 2.42. The minimum Gasteiger partial charge on any atom is -0.493 e. The lowest BCUT2D eigenvalue weighted by atomic mass is 9.69. The zero-order valence-electron chi connectivity index (χ0n) is 19.9. The number of carbonyl (C=O) groups is 1. The average Bonchev–Trinajstić information content (AvgIpc) is 2.60. The minimum absolute atomic E-state index is 0.162. The molecule has 0 saturated heterocycles. The summed E-state index contributed by atoms with van der Waals surface area (Å²) in [6.45, 7) is 17.3. The molecule has 1 aromatic rings. The van der Waals surface area contributed by atoms with Crippen LogP contribution < -0.4 is 14.8 Å². The van der Waals surface area contributed by atoms with Gasteiger partial charge in [0, 0.05) is 18.1 Å². The van der Waals surface area contributed by atoms with Gasteiger partial charge in [0.05, 0.1) is 7.11 Å². The van der Waals surface area contributed by atoms with Crippen molar-refractivity contribution in [1.82, 2.24) is 5.32 Å². The fourth-order valence-corrected chi connectivity index (χ4v) is 2.79. The van der Waals surface area contributed by atoms with Gasteiger partial charge in [-0.15, -0.1) is 5.92 Å². The molecule has 0 aliphatic rings. The van der Waals surface area contributed by atoms with E-state index in [9.17, 15) is 4.79 Å². The quantitative estimate of drug-likeness (QED) is 0.651. The maximum Gasteiger partial charge on any atom is 0.252 e. The van der Waals surface area contributed by atoms with Crippen molar-refractivity contribution >= 4 is 5.91 Å². The first-order chi connectivity index (χ1) is 13.1. The summed E-state index contributed by atoms with van der Waals surface area (Å²) in [6, 6.07) is 5.86. The van der Waals surface area contributed by atoms with E-state index in [1.165, 1.54) is 7.11 Å². The van der Waals surface area contributed by atoms with Crippen LogP contribution in [0.1, 0.15) is 67.9 Å². The molecule has 0 atom stereocenters. The summed E-state index contributed by atoms with van der Waals surface area (Å²) in [7, 11) is 3.15. The van der Waals surface area contributed by atoms with Gasteiger partial charge in [-0.25, -0.2) is 0 Å². The molecule has 1 aromatic carbocycles. The van der Waals surface area contributed by atoms with Crippen LogP contribution in [0.4, 0.5) is 0 Å². The molecule has 1 rings (SSSR count). The number of hydrogen-bond donors (Lipinski definition) is 1. The summed E-state index contributed by atoms with van der Waals surface area (Å²) in [5, 5.41) is 3.14. The Hall–Kier alpha value is -2.19. The molecule has 5 heteroatoms. The molecular weight excluding hydrogens is 366 g/mol. The van der Waals surface area contributed by atoms with Crippen LogP contribution in [0.2, 0.25) is 0 Å². The number of amides is 1. The highest BCUT2D eigenvalue weighted by Crippen LogP contribution is 2.40. The molecule has 5 nitrogen and oxygen atoms in total. The van der Waals surface area contributed by atoms with Gasteiger partial charge in [0.2, 0.25) is 0 Å². The first kappa shape index (κ1) is 24.8. The molecule has 0 heterocycles. The number of methoxy groups -OCH3 is 2. The molecular formula is C24H37NO4. The summed E-state index contributed by atoms with van der Waals surface area (Å²) in [5.74, 6) is 7.03. The van der Waals surface area contributed by atoms with E-state index < -0.39 is 22.2 Å². The van der Waals surface area contributed by atoms with E-state index in [1.54, 1.807) is 27.9 Å². The van der Waals surface area contributed by atoms with E-state index in [-0.39, 0.29) is 5.91 Å². The lowest BCUT2D eigenvalue weighted by Gasteiger charge is -2.44. The largest absolute Gasteiger partial charge is 0.493 e. The van der Waals surface area contributed by atoms with Crippen molar-refractivity contribution in [2.24, 2.45) is 0 Å². The molecule has 29 heavy (non-hydrogen) atoms. The number of ether oxygens (including phenoxy) is 3. The number of benzene rings is 1. The van der Waals surface area contributed by atoms with Crippen LogP contribution in [0.5, 0.6) is 11.5 Å². The maximum atomic E-state index is 12.7. The fourth-order valence-electron chi connectivity index (χ4n) is 2.79. The van der Waals surface area contributed by atoms with Gasteiger partial charge in [-0.1, -0.05) is 25.8 Å². The fraction of sp³-hybridized carbons (Fsp3) is 0.625. The predicted octanol–water partition coefficient (Wildman–Crippen LogP) is 4.47. The average molecular weight is 404 g/mol. The monoisotopic (exact) mass is 403 g/mol. The Morgan fingerprint density at radius 1 is 0.966 bits per heavy atom. The summed E-state index contributed by atoms with van der Waals surface area (Å²) >= 11 is 0. The van der Waals surface area contributed by atoms with Gasteiger partial charge in [-0.05, 0) is 66.2 Å². The van der Waals surface area contributed by atoms with Gasteiger partial charge in [0.15, 0.2) is 17.1 Å². The standard InChI is InChI=1S/C24H37NO4/c1-12-15-21(2,3)29-18-14-13-17(16-19(18)27-10)22(4,5)24(8,9)25-20(26)23(6,7)28-11/h13-14,16H,1-11H3,(H,25,26). The third-order valence-corrected chi connectivity index (χ3v) is 5.72. The zero-order chi connectivity index (χ0) is 22.7. The molecule has 0 unspecified atom stereocenters. The van der Waals surface area contributed by atoms with Gasteiger partial charge in [-0.3, -0.25) is 4.79 Å².